The normalized spacial score (nSPS) is 11.9. The Morgan fingerprint density at radius 2 is 2.18 bits per heavy atom. The SMILES string of the molecule is CC(N)CC(=O)Nc1ccc2n[nH]nc2c1.Cl. The van der Waals surface area contributed by atoms with Crippen LogP contribution in [0, 0.1) is 0 Å². The number of nitrogens with one attached hydrogen (secondary N) is 2. The molecule has 0 aliphatic heterocycles. The number of anilines is 1. The van der Waals surface area contributed by atoms with Crippen molar-refractivity contribution >= 4 is 35.0 Å². The number of hydrogen-bond acceptors (Lipinski definition) is 4. The van der Waals surface area contributed by atoms with Crippen LogP contribution in [-0.2, 0) is 4.79 Å². The maximum atomic E-state index is 11.5. The molecule has 4 N–H and O–H groups in total. The van der Waals surface area contributed by atoms with Gasteiger partial charge in [-0.2, -0.15) is 15.4 Å². The van der Waals surface area contributed by atoms with Crippen LogP contribution in [0.15, 0.2) is 18.2 Å². The van der Waals surface area contributed by atoms with Gasteiger partial charge in [0.2, 0.25) is 5.91 Å². The molecule has 1 heterocycles. The Morgan fingerprint density at radius 3 is 2.88 bits per heavy atom. The van der Waals surface area contributed by atoms with E-state index in [2.05, 4.69) is 20.7 Å². The Morgan fingerprint density at radius 1 is 1.47 bits per heavy atom. The van der Waals surface area contributed by atoms with Gasteiger partial charge < -0.3 is 11.1 Å². The van der Waals surface area contributed by atoms with Crippen molar-refractivity contribution in [3.05, 3.63) is 18.2 Å². The predicted octanol–water partition coefficient (Wildman–Crippen LogP) is 1.06. The number of hydrogen-bond donors (Lipinski definition) is 3. The lowest BCUT2D eigenvalue weighted by molar-refractivity contribution is -0.116. The van der Waals surface area contributed by atoms with E-state index in [1.54, 1.807) is 25.1 Å². The highest BCUT2D eigenvalue weighted by Gasteiger charge is 2.06. The number of aromatic nitrogens is 3. The topological polar surface area (TPSA) is 96.7 Å². The molecular weight excluding hydrogens is 242 g/mol. The summed E-state index contributed by atoms with van der Waals surface area (Å²) in [4.78, 5) is 11.5. The Bertz CT molecular complexity index is 510. The molecule has 92 valence electrons. The lowest BCUT2D eigenvalue weighted by Crippen LogP contribution is -2.23. The summed E-state index contributed by atoms with van der Waals surface area (Å²) in [6.07, 6.45) is 0.302. The Kier molecular flexibility index (Phi) is 4.42. The average Bonchev–Trinajstić information content (AvgIpc) is 2.63. The molecule has 0 saturated heterocycles. The molecule has 1 amide bonds. The highest BCUT2D eigenvalue weighted by atomic mass is 35.5. The number of halogens is 1. The average molecular weight is 256 g/mol. The number of H-pyrrole nitrogens is 1. The number of carbonyl (C=O) groups excluding carboxylic acids is 1. The van der Waals surface area contributed by atoms with Crippen molar-refractivity contribution in [3.63, 3.8) is 0 Å². The number of fused-ring (bicyclic) bond motifs is 1. The van der Waals surface area contributed by atoms with Crippen molar-refractivity contribution in [1.29, 1.82) is 0 Å². The Hall–Kier alpha value is -1.66. The van der Waals surface area contributed by atoms with Crippen LogP contribution in [0.3, 0.4) is 0 Å². The van der Waals surface area contributed by atoms with Gasteiger partial charge in [-0.05, 0) is 25.1 Å². The van der Waals surface area contributed by atoms with Gasteiger partial charge in [0, 0.05) is 18.2 Å². The van der Waals surface area contributed by atoms with Crippen molar-refractivity contribution in [1.82, 2.24) is 15.4 Å². The summed E-state index contributed by atoms with van der Waals surface area (Å²) >= 11 is 0. The molecule has 1 unspecified atom stereocenters. The van der Waals surface area contributed by atoms with Crippen molar-refractivity contribution in [2.75, 3.05) is 5.32 Å². The second-order valence-electron chi connectivity index (χ2n) is 3.76. The minimum atomic E-state index is -0.143. The summed E-state index contributed by atoms with van der Waals surface area (Å²) in [7, 11) is 0. The zero-order chi connectivity index (χ0) is 11.5. The van der Waals surface area contributed by atoms with Crippen molar-refractivity contribution in [2.24, 2.45) is 5.73 Å². The number of aromatic amines is 1. The Labute approximate surface area is 104 Å². The number of rotatable bonds is 3. The lowest BCUT2D eigenvalue weighted by atomic mass is 10.2. The fourth-order valence-electron chi connectivity index (χ4n) is 1.42. The molecular formula is C10H14ClN5O. The van der Waals surface area contributed by atoms with Crippen LogP contribution >= 0.6 is 12.4 Å². The van der Waals surface area contributed by atoms with Gasteiger partial charge in [0.05, 0.1) is 0 Å². The van der Waals surface area contributed by atoms with Crippen LogP contribution in [0.5, 0.6) is 0 Å². The van der Waals surface area contributed by atoms with Crippen LogP contribution in [0.1, 0.15) is 13.3 Å². The smallest absolute Gasteiger partial charge is 0.225 e. The highest BCUT2D eigenvalue weighted by Crippen LogP contribution is 2.14. The first-order valence-electron chi connectivity index (χ1n) is 5.01. The van der Waals surface area contributed by atoms with Gasteiger partial charge in [0.25, 0.3) is 0 Å². The third-order valence-electron chi connectivity index (χ3n) is 2.11. The van der Waals surface area contributed by atoms with Gasteiger partial charge in [-0.25, -0.2) is 0 Å². The summed E-state index contributed by atoms with van der Waals surface area (Å²) in [5.41, 5.74) is 7.72. The zero-order valence-electron chi connectivity index (χ0n) is 9.30. The first-order valence-corrected chi connectivity index (χ1v) is 5.01. The van der Waals surface area contributed by atoms with E-state index in [0.717, 1.165) is 11.0 Å². The monoisotopic (exact) mass is 255 g/mol. The van der Waals surface area contributed by atoms with Crippen molar-refractivity contribution in [2.45, 2.75) is 19.4 Å². The fraction of sp³-hybridized carbons (Fsp3) is 0.300. The molecule has 1 atom stereocenters. The van der Waals surface area contributed by atoms with E-state index in [-0.39, 0.29) is 24.4 Å². The highest BCUT2D eigenvalue weighted by molar-refractivity contribution is 5.93. The third kappa shape index (κ3) is 3.40. The van der Waals surface area contributed by atoms with E-state index in [4.69, 9.17) is 5.73 Å². The minimum Gasteiger partial charge on any atom is -0.327 e. The number of amides is 1. The molecule has 6 nitrogen and oxygen atoms in total. The van der Waals surface area contributed by atoms with E-state index in [9.17, 15) is 4.79 Å². The summed E-state index contributed by atoms with van der Waals surface area (Å²) in [5.74, 6) is -0.0992. The molecule has 1 aromatic carbocycles. The molecule has 0 radical (unpaired) electrons. The molecule has 7 heteroatoms. The van der Waals surface area contributed by atoms with Crippen LogP contribution in [0.4, 0.5) is 5.69 Å². The van der Waals surface area contributed by atoms with Gasteiger partial charge in [-0.1, -0.05) is 0 Å². The van der Waals surface area contributed by atoms with E-state index >= 15 is 0 Å². The third-order valence-corrected chi connectivity index (χ3v) is 2.11. The number of benzene rings is 1. The molecule has 0 aliphatic carbocycles. The van der Waals surface area contributed by atoms with Crippen molar-refractivity contribution < 1.29 is 4.79 Å². The van der Waals surface area contributed by atoms with Gasteiger partial charge in [0.15, 0.2) is 0 Å². The number of carbonyl (C=O) groups is 1. The summed E-state index contributed by atoms with van der Waals surface area (Å²) in [5, 5.41) is 13.1. The molecule has 0 bridgehead atoms. The summed E-state index contributed by atoms with van der Waals surface area (Å²) < 4.78 is 0. The lowest BCUT2D eigenvalue weighted by Gasteiger charge is -2.06. The molecule has 2 aromatic rings. The molecule has 0 spiro atoms. The predicted molar refractivity (Wildman–Crippen MR) is 68.0 cm³/mol. The molecule has 1 aromatic heterocycles. The summed E-state index contributed by atoms with van der Waals surface area (Å²) in [6.45, 7) is 1.79. The quantitative estimate of drug-likeness (QED) is 0.764. The maximum absolute atomic E-state index is 11.5. The van der Waals surface area contributed by atoms with E-state index < -0.39 is 0 Å². The van der Waals surface area contributed by atoms with Crippen LogP contribution < -0.4 is 11.1 Å². The summed E-state index contributed by atoms with van der Waals surface area (Å²) in [6, 6.07) is 5.19. The van der Waals surface area contributed by atoms with E-state index in [1.807, 2.05) is 0 Å². The number of nitrogens with zero attached hydrogens (tertiary/aromatic N) is 2. The Balaban J connectivity index is 0.00000144. The van der Waals surface area contributed by atoms with Crippen LogP contribution in [0.25, 0.3) is 11.0 Å². The van der Waals surface area contributed by atoms with Crippen LogP contribution in [0.2, 0.25) is 0 Å². The fourth-order valence-corrected chi connectivity index (χ4v) is 1.42. The molecule has 17 heavy (non-hydrogen) atoms. The van der Waals surface area contributed by atoms with Gasteiger partial charge >= 0.3 is 0 Å². The van der Waals surface area contributed by atoms with Crippen LogP contribution in [-0.4, -0.2) is 27.4 Å². The largest absolute Gasteiger partial charge is 0.327 e. The van der Waals surface area contributed by atoms with Crippen molar-refractivity contribution in [3.8, 4) is 0 Å². The second kappa shape index (κ2) is 5.60. The second-order valence-corrected chi connectivity index (χ2v) is 3.76. The van der Waals surface area contributed by atoms with Gasteiger partial charge in [0.1, 0.15) is 11.0 Å². The zero-order valence-corrected chi connectivity index (χ0v) is 10.1. The van der Waals surface area contributed by atoms with E-state index in [0.29, 0.717) is 12.1 Å². The van der Waals surface area contributed by atoms with Gasteiger partial charge in [-0.3, -0.25) is 4.79 Å². The molecule has 0 saturated carbocycles. The first kappa shape index (κ1) is 13.4. The first-order chi connectivity index (χ1) is 7.65. The maximum Gasteiger partial charge on any atom is 0.225 e. The molecule has 0 fully saturated rings. The standard InChI is InChI=1S/C10H13N5O.ClH/c1-6(11)4-10(16)12-7-2-3-8-9(5-7)14-15-13-8;/h2-3,5-6H,4,11H2,1H3,(H,12,16)(H,13,14,15);1H. The number of nitrogens with two attached hydrogens (primary N) is 1. The molecule has 0 aliphatic rings. The van der Waals surface area contributed by atoms with E-state index in [1.165, 1.54) is 0 Å². The van der Waals surface area contributed by atoms with Gasteiger partial charge in [-0.15, -0.1) is 12.4 Å². The minimum absolute atomic E-state index is 0. The molecule has 2 rings (SSSR count).